The summed E-state index contributed by atoms with van der Waals surface area (Å²) in [6.07, 6.45) is 10.2. The fourth-order valence-corrected chi connectivity index (χ4v) is 11.8. The van der Waals surface area contributed by atoms with E-state index in [9.17, 15) is 52.7 Å². The lowest BCUT2D eigenvalue weighted by Gasteiger charge is -2.50. The van der Waals surface area contributed by atoms with Crippen LogP contribution in [0.1, 0.15) is 119 Å². The molecule has 2 atom stereocenters. The Labute approximate surface area is 390 Å². The summed E-state index contributed by atoms with van der Waals surface area (Å²) in [6, 6.07) is 1.66. The third kappa shape index (κ3) is 8.84. The Bertz CT molecular complexity index is 2180. The predicted octanol–water partition coefficient (Wildman–Crippen LogP) is 12.2. The molecule has 0 saturated heterocycles. The van der Waals surface area contributed by atoms with Crippen LogP contribution in [-0.4, -0.2) is 18.2 Å². The lowest BCUT2D eigenvalue weighted by Crippen LogP contribution is -3.00. The molecule has 0 heterocycles. The van der Waals surface area contributed by atoms with Gasteiger partial charge in [0.25, 0.3) is 0 Å². The molecule has 2 N–H and O–H groups in total. The van der Waals surface area contributed by atoms with Crippen LogP contribution in [0.2, 0.25) is 0 Å². The van der Waals surface area contributed by atoms with E-state index in [1.807, 2.05) is 0 Å². The molecule has 2 fully saturated rings. The summed E-state index contributed by atoms with van der Waals surface area (Å²) in [7, 11) is 0. The number of halogens is 20. The minimum atomic E-state index is -7.22. The van der Waals surface area contributed by atoms with Crippen LogP contribution in [0.5, 0.6) is 0 Å². The Kier molecular flexibility index (Phi) is 17.2. The number of hydrogen-bond donors (Lipinski definition) is 1. The summed E-state index contributed by atoms with van der Waals surface area (Å²) < 4.78 is 294. The molecule has 2 aliphatic rings. The van der Waals surface area contributed by atoms with Gasteiger partial charge >= 0.3 is 0 Å². The van der Waals surface area contributed by atoms with Gasteiger partial charge in [0.2, 0.25) is 0 Å². The molecule has 1 nitrogen and oxygen atoms in total. The van der Waals surface area contributed by atoms with Gasteiger partial charge in [-0.1, -0.05) is 80.1 Å². The summed E-state index contributed by atoms with van der Waals surface area (Å²) in [5.74, 6) is -69.8. The van der Waals surface area contributed by atoms with Crippen molar-refractivity contribution < 1.29 is 93.1 Å². The van der Waals surface area contributed by atoms with Crippen molar-refractivity contribution in [1.82, 2.24) is 0 Å². The molecule has 388 valence electrons. The van der Waals surface area contributed by atoms with E-state index in [2.05, 4.69) is 46.9 Å². The summed E-state index contributed by atoms with van der Waals surface area (Å²) >= 11 is 0. The Hall–Kier alpha value is -4.50. The van der Waals surface area contributed by atoms with E-state index in [1.165, 1.54) is 77.0 Å². The van der Waals surface area contributed by atoms with Crippen molar-refractivity contribution in [3.05, 3.63) is 116 Å². The summed E-state index contributed by atoms with van der Waals surface area (Å²) in [6.45, 7) is 15.0. The third-order valence-electron chi connectivity index (χ3n) is 15.4. The van der Waals surface area contributed by atoms with Crippen molar-refractivity contribution in [2.75, 3.05) is 0 Å². The van der Waals surface area contributed by atoms with Crippen LogP contribution >= 0.6 is 0 Å². The first-order valence-electron chi connectivity index (χ1n) is 22.7. The zero-order valence-corrected chi connectivity index (χ0v) is 38.5. The molecular formula is C48H48BF20N. The number of rotatable bonds is 12. The Morgan fingerprint density at radius 3 is 0.643 bits per heavy atom. The van der Waals surface area contributed by atoms with E-state index in [1.54, 1.807) is 0 Å². The predicted molar refractivity (Wildman–Crippen MR) is 220 cm³/mol. The fourth-order valence-electron chi connectivity index (χ4n) is 11.8. The van der Waals surface area contributed by atoms with Crippen molar-refractivity contribution in [2.45, 2.75) is 131 Å². The number of hydrogen-bond acceptors (Lipinski definition) is 0. The molecule has 6 rings (SSSR count). The maximum absolute atomic E-state index is 15.4. The lowest BCUT2D eigenvalue weighted by molar-refractivity contribution is -0.750. The maximum Gasteiger partial charge on any atom is 0.200 e. The number of nitrogens with two attached hydrogens (primary N) is 1. The van der Waals surface area contributed by atoms with Gasteiger partial charge in [-0.15, -0.1) is 21.9 Å². The minimum absolute atomic E-state index is 0.591. The zero-order valence-electron chi connectivity index (χ0n) is 38.5. The van der Waals surface area contributed by atoms with Crippen molar-refractivity contribution in [1.29, 1.82) is 0 Å². The summed E-state index contributed by atoms with van der Waals surface area (Å²) in [4.78, 5) is 0. The van der Waals surface area contributed by atoms with E-state index in [0.717, 1.165) is 23.9 Å². The van der Waals surface area contributed by atoms with Crippen LogP contribution in [0.15, 0.2) is 0 Å². The molecule has 0 spiro atoms. The molecular weight excluding hydrogens is 981 g/mol. The fraction of sp³-hybridized carbons (Fsp3) is 0.500. The first kappa shape index (κ1) is 56.4. The normalized spacial score (nSPS) is 17.0. The largest absolute Gasteiger partial charge is 0.340 e. The van der Waals surface area contributed by atoms with Gasteiger partial charge in [0, 0.05) is 10.8 Å². The molecule has 22 heteroatoms. The number of benzene rings is 4. The Balaban J connectivity index is 0.000000308. The zero-order chi connectivity index (χ0) is 52.9. The average molecular weight is 1030 g/mol. The third-order valence-corrected chi connectivity index (χ3v) is 15.4. The highest BCUT2D eigenvalue weighted by Crippen LogP contribution is 2.48. The maximum atomic E-state index is 15.4. The van der Waals surface area contributed by atoms with Gasteiger partial charge in [0.05, 0.1) is 12.1 Å². The lowest BCUT2D eigenvalue weighted by atomic mass is 9.12. The molecule has 0 amide bonds. The summed E-state index contributed by atoms with van der Waals surface area (Å²) in [5, 5.41) is 2.93. The highest BCUT2D eigenvalue weighted by atomic mass is 19.2. The molecule has 2 unspecified atom stereocenters. The average Bonchev–Trinajstić information content (AvgIpc) is 3.34. The van der Waals surface area contributed by atoms with E-state index in [4.69, 9.17) is 0 Å². The highest BCUT2D eigenvalue weighted by molar-refractivity contribution is 7.20. The molecule has 4 aromatic rings. The monoisotopic (exact) mass is 1030 g/mol. The molecule has 4 aromatic carbocycles. The van der Waals surface area contributed by atoms with Crippen LogP contribution in [0.25, 0.3) is 0 Å². The minimum Gasteiger partial charge on any atom is -0.340 e. The van der Waals surface area contributed by atoms with Crippen LogP contribution in [0.4, 0.5) is 87.8 Å². The van der Waals surface area contributed by atoms with Gasteiger partial charge in [0.1, 0.15) is 52.7 Å². The van der Waals surface area contributed by atoms with Crippen molar-refractivity contribution >= 4 is 28.0 Å². The summed E-state index contributed by atoms with van der Waals surface area (Å²) in [5.41, 5.74) is -13.1. The molecule has 2 saturated carbocycles. The molecule has 0 aromatic heterocycles. The van der Waals surface area contributed by atoms with E-state index < -0.39 is 144 Å². The van der Waals surface area contributed by atoms with Gasteiger partial charge < -0.3 is 5.32 Å². The molecule has 0 radical (unpaired) electrons. The van der Waals surface area contributed by atoms with Gasteiger partial charge in [0.15, 0.2) is 69.8 Å². The van der Waals surface area contributed by atoms with Crippen LogP contribution < -0.4 is 27.2 Å². The van der Waals surface area contributed by atoms with Gasteiger partial charge in [-0.25, -0.2) is 87.8 Å². The van der Waals surface area contributed by atoms with Crippen molar-refractivity contribution in [2.24, 2.45) is 22.7 Å². The van der Waals surface area contributed by atoms with Crippen molar-refractivity contribution in [3.8, 4) is 0 Å². The standard InChI is InChI=1S/C24BF20.C24H47N/c26-5-1(6(27)14(35)21(42)13(5)34)25(2-7(28)15(36)22(43)16(37)8(2)29,3-9(30)17(38)23(44)18(39)10(3)31)4-11(32)19(40)24(45)20(41)12(4)33;1-7-21(23(19(3)4)15-11-9-12-16-23)25-22(8-2)24(20(5)6)17-13-10-14-18-24/h;19-22,25H,7-18H2,1-6H3/q-1;/p+1. The van der Waals surface area contributed by atoms with Gasteiger partial charge in [-0.05, 0) is 50.4 Å². The van der Waals surface area contributed by atoms with E-state index in [-0.39, 0.29) is 0 Å². The smallest absolute Gasteiger partial charge is 0.200 e. The second kappa shape index (κ2) is 21.3. The van der Waals surface area contributed by atoms with Crippen molar-refractivity contribution in [3.63, 3.8) is 0 Å². The number of quaternary nitrogens is 1. The Morgan fingerprint density at radius 1 is 0.314 bits per heavy atom. The van der Waals surface area contributed by atoms with Crippen LogP contribution in [0, 0.1) is 139 Å². The van der Waals surface area contributed by atoms with Gasteiger partial charge in [-0.3, -0.25) is 0 Å². The first-order chi connectivity index (χ1) is 32.6. The Morgan fingerprint density at radius 2 is 0.486 bits per heavy atom. The highest BCUT2D eigenvalue weighted by Gasteiger charge is 2.53. The molecule has 2 aliphatic carbocycles. The molecule has 70 heavy (non-hydrogen) atoms. The topological polar surface area (TPSA) is 16.6 Å². The van der Waals surface area contributed by atoms with E-state index in [0.29, 0.717) is 10.8 Å². The second-order valence-corrected chi connectivity index (χ2v) is 18.9. The van der Waals surface area contributed by atoms with Gasteiger partial charge in [-0.2, -0.15) is 0 Å². The quantitative estimate of drug-likeness (QED) is 0.0630. The van der Waals surface area contributed by atoms with E-state index >= 15 is 35.1 Å². The molecule has 0 bridgehead atoms. The SMILES string of the molecule is CCC([NH2+]C(CC)C1(C(C)C)CCCCC1)C1(C(C)C)CCCCC1.Fc1c(F)c(F)c([B-](c2c(F)c(F)c(F)c(F)c2F)(c2c(F)c(F)c(F)c(F)c2F)c2c(F)c(F)c(F)c(F)c2F)c(F)c1F. The van der Waals surface area contributed by atoms with Crippen LogP contribution in [-0.2, 0) is 0 Å². The second-order valence-electron chi connectivity index (χ2n) is 18.9. The first-order valence-corrected chi connectivity index (χ1v) is 22.7. The van der Waals surface area contributed by atoms with Crippen LogP contribution in [0.3, 0.4) is 0 Å². The molecule has 0 aliphatic heterocycles.